The summed E-state index contributed by atoms with van der Waals surface area (Å²) in [6.07, 6.45) is 1.79. The molecule has 3 aromatic rings. The van der Waals surface area contributed by atoms with Crippen LogP contribution in [0.5, 0.6) is 11.5 Å². The summed E-state index contributed by atoms with van der Waals surface area (Å²) in [4.78, 5) is 27.1. The van der Waals surface area contributed by atoms with Crippen molar-refractivity contribution in [2.75, 3.05) is 23.9 Å². The van der Waals surface area contributed by atoms with Gasteiger partial charge in [-0.2, -0.15) is 0 Å². The van der Waals surface area contributed by atoms with Crippen LogP contribution in [-0.4, -0.2) is 29.9 Å². The van der Waals surface area contributed by atoms with Crippen LogP contribution in [0.4, 0.5) is 11.4 Å². The minimum Gasteiger partial charge on any atom is -0.497 e. The SMILES string of the molecule is COc1ccc(N2C(=O)/C(=C/c3ccc(OCC(=O)Nc4cccc(C)c4)cc3)SC2=S)cc1. The molecule has 1 saturated heterocycles. The lowest BCUT2D eigenvalue weighted by atomic mass is 10.2. The Hall–Kier alpha value is -3.62. The highest BCUT2D eigenvalue weighted by Gasteiger charge is 2.33. The van der Waals surface area contributed by atoms with E-state index in [0.29, 0.717) is 26.4 Å². The Labute approximate surface area is 207 Å². The summed E-state index contributed by atoms with van der Waals surface area (Å²) < 4.78 is 11.2. The molecule has 1 aliphatic heterocycles. The van der Waals surface area contributed by atoms with Gasteiger partial charge in [-0.3, -0.25) is 14.5 Å². The first-order valence-corrected chi connectivity index (χ1v) is 11.7. The second-order valence-electron chi connectivity index (χ2n) is 7.49. The maximum atomic E-state index is 12.9. The van der Waals surface area contributed by atoms with Crippen molar-refractivity contribution in [2.45, 2.75) is 6.92 Å². The molecule has 4 rings (SSSR count). The summed E-state index contributed by atoms with van der Waals surface area (Å²) in [6, 6.07) is 21.9. The second kappa shape index (κ2) is 10.5. The van der Waals surface area contributed by atoms with Crippen molar-refractivity contribution in [3.8, 4) is 11.5 Å². The Kier molecular flexibility index (Phi) is 7.30. The highest BCUT2D eigenvalue weighted by atomic mass is 32.2. The van der Waals surface area contributed by atoms with Crippen molar-refractivity contribution in [1.29, 1.82) is 0 Å². The van der Waals surface area contributed by atoms with Gasteiger partial charge in [0.15, 0.2) is 10.9 Å². The zero-order chi connectivity index (χ0) is 24.1. The van der Waals surface area contributed by atoms with E-state index < -0.39 is 0 Å². The first-order chi connectivity index (χ1) is 16.4. The van der Waals surface area contributed by atoms with Gasteiger partial charge < -0.3 is 14.8 Å². The van der Waals surface area contributed by atoms with Gasteiger partial charge >= 0.3 is 0 Å². The largest absolute Gasteiger partial charge is 0.497 e. The number of thiocarbonyl (C=S) groups is 1. The fourth-order valence-corrected chi connectivity index (χ4v) is 4.60. The fourth-order valence-electron chi connectivity index (χ4n) is 3.30. The topological polar surface area (TPSA) is 67.9 Å². The first kappa shape index (κ1) is 23.5. The number of nitrogens with zero attached hydrogens (tertiary/aromatic N) is 1. The normalized spacial score (nSPS) is 14.4. The van der Waals surface area contributed by atoms with Gasteiger partial charge in [-0.15, -0.1) is 0 Å². The quantitative estimate of drug-likeness (QED) is 0.352. The van der Waals surface area contributed by atoms with Gasteiger partial charge in [-0.1, -0.05) is 48.2 Å². The Morgan fingerprint density at radius 1 is 1.06 bits per heavy atom. The summed E-state index contributed by atoms with van der Waals surface area (Å²) in [7, 11) is 1.59. The molecule has 0 spiro atoms. The molecule has 0 unspecified atom stereocenters. The monoisotopic (exact) mass is 490 g/mol. The van der Waals surface area contributed by atoms with Crippen LogP contribution in [0.15, 0.2) is 77.7 Å². The third kappa shape index (κ3) is 5.65. The highest BCUT2D eigenvalue weighted by Crippen LogP contribution is 2.36. The Morgan fingerprint density at radius 2 is 1.76 bits per heavy atom. The molecule has 172 valence electrons. The van der Waals surface area contributed by atoms with Crippen molar-refractivity contribution < 1.29 is 19.1 Å². The molecule has 1 aliphatic rings. The smallest absolute Gasteiger partial charge is 0.270 e. The number of carbonyl (C=O) groups excluding carboxylic acids is 2. The molecular formula is C26H22N2O4S2. The van der Waals surface area contributed by atoms with E-state index in [1.54, 1.807) is 49.6 Å². The van der Waals surface area contributed by atoms with E-state index in [2.05, 4.69) is 5.32 Å². The Morgan fingerprint density at radius 3 is 2.44 bits per heavy atom. The summed E-state index contributed by atoms with van der Waals surface area (Å²) in [6.45, 7) is 1.86. The molecule has 3 aromatic carbocycles. The van der Waals surface area contributed by atoms with E-state index in [0.717, 1.165) is 16.8 Å². The first-order valence-electron chi connectivity index (χ1n) is 10.4. The molecule has 0 aromatic heterocycles. The lowest BCUT2D eigenvalue weighted by Crippen LogP contribution is -2.27. The minimum atomic E-state index is -0.239. The van der Waals surface area contributed by atoms with Gasteiger partial charge in [-0.05, 0) is 72.7 Å². The number of benzene rings is 3. The van der Waals surface area contributed by atoms with Crippen molar-refractivity contribution >= 4 is 57.6 Å². The summed E-state index contributed by atoms with van der Waals surface area (Å²) in [5.74, 6) is 0.854. The van der Waals surface area contributed by atoms with Gasteiger partial charge in [-0.25, -0.2) is 0 Å². The van der Waals surface area contributed by atoms with Gasteiger partial charge in [0, 0.05) is 5.69 Å². The fraction of sp³-hybridized carbons (Fsp3) is 0.115. The molecule has 2 amide bonds. The standard InChI is InChI=1S/C26H22N2O4S2/c1-17-4-3-5-19(14-17)27-24(29)16-32-22-10-6-18(7-11-22)15-23-25(30)28(26(33)34-23)20-8-12-21(31-2)13-9-20/h3-15H,16H2,1-2H3,(H,27,29)/b23-15-. The number of carbonyl (C=O) groups is 2. The Balaban J connectivity index is 1.37. The lowest BCUT2D eigenvalue weighted by molar-refractivity contribution is -0.118. The Bertz CT molecular complexity index is 1250. The molecule has 1 heterocycles. The van der Waals surface area contributed by atoms with Gasteiger partial charge in [0.05, 0.1) is 17.7 Å². The van der Waals surface area contributed by atoms with E-state index in [-0.39, 0.29) is 18.4 Å². The number of anilines is 2. The zero-order valence-corrected chi connectivity index (χ0v) is 20.2. The lowest BCUT2D eigenvalue weighted by Gasteiger charge is -2.14. The van der Waals surface area contributed by atoms with E-state index in [4.69, 9.17) is 21.7 Å². The maximum Gasteiger partial charge on any atom is 0.270 e. The highest BCUT2D eigenvalue weighted by molar-refractivity contribution is 8.27. The average molecular weight is 491 g/mol. The van der Waals surface area contributed by atoms with E-state index in [1.807, 2.05) is 43.3 Å². The van der Waals surface area contributed by atoms with Crippen LogP contribution in [0.1, 0.15) is 11.1 Å². The molecule has 0 radical (unpaired) electrons. The van der Waals surface area contributed by atoms with Crippen LogP contribution in [0, 0.1) is 6.92 Å². The van der Waals surface area contributed by atoms with E-state index in [9.17, 15) is 9.59 Å². The number of thioether (sulfide) groups is 1. The van der Waals surface area contributed by atoms with Crippen LogP contribution in [0.25, 0.3) is 6.08 Å². The summed E-state index contributed by atoms with van der Waals surface area (Å²) in [5.41, 5.74) is 3.32. The molecule has 34 heavy (non-hydrogen) atoms. The molecule has 0 atom stereocenters. The van der Waals surface area contributed by atoms with Crippen LogP contribution in [0.2, 0.25) is 0 Å². The maximum absolute atomic E-state index is 12.9. The predicted molar refractivity (Wildman–Crippen MR) is 140 cm³/mol. The molecule has 0 saturated carbocycles. The molecule has 0 bridgehead atoms. The van der Waals surface area contributed by atoms with Gasteiger partial charge in [0.25, 0.3) is 11.8 Å². The van der Waals surface area contributed by atoms with Crippen molar-refractivity contribution in [1.82, 2.24) is 0 Å². The van der Waals surface area contributed by atoms with Crippen LogP contribution in [0.3, 0.4) is 0 Å². The number of ether oxygens (including phenoxy) is 2. The van der Waals surface area contributed by atoms with Crippen molar-refractivity contribution in [2.24, 2.45) is 0 Å². The zero-order valence-electron chi connectivity index (χ0n) is 18.6. The molecule has 0 aliphatic carbocycles. The molecule has 1 fully saturated rings. The summed E-state index contributed by atoms with van der Waals surface area (Å²) >= 11 is 6.68. The average Bonchev–Trinajstić information content (AvgIpc) is 3.11. The number of nitrogens with one attached hydrogen (secondary N) is 1. The molecule has 8 heteroatoms. The number of amides is 2. The van der Waals surface area contributed by atoms with Crippen LogP contribution >= 0.6 is 24.0 Å². The third-order valence-corrected chi connectivity index (χ3v) is 6.28. The minimum absolute atomic E-state index is 0.103. The summed E-state index contributed by atoms with van der Waals surface area (Å²) in [5, 5.41) is 2.81. The van der Waals surface area contributed by atoms with Crippen molar-refractivity contribution in [3.05, 3.63) is 88.8 Å². The van der Waals surface area contributed by atoms with Crippen molar-refractivity contribution in [3.63, 3.8) is 0 Å². The van der Waals surface area contributed by atoms with Gasteiger partial charge in [0.2, 0.25) is 0 Å². The number of hydrogen-bond acceptors (Lipinski definition) is 6. The molecular weight excluding hydrogens is 468 g/mol. The molecule has 6 nitrogen and oxygen atoms in total. The third-order valence-electron chi connectivity index (χ3n) is 4.97. The van der Waals surface area contributed by atoms with Gasteiger partial charge in [0.1, 0.15) is 11.5 Å². The number of methoxy groups -OCH3 is 1. The van der Waals surface area contributed by atoms with Crippen LogP contribution < -0.4 is 19.7 Å². The number of hydrogen-bond donors (Lipinski definition) is 1. The molecule has 1 N–H and O–H groups in total. The second-order valence-corrected chi connectivity index (χ2v) is 9.17. The number of aryl methyl sites for hydroxylation is 1. The van der Waals surface area contributed by atoms with E-state index >= 15 is 0 Å². The number of rotatable bonds is 7. The van der Waals surface area contributed by atoms with Crippen LogP contribution in [-0.2, 0) is 9.59 Å². The van der Waals surface area contributed by atoms with E-state index in [1.165, 1.54) is 16.7 Å². The predicted octanol–water partition coefficient (Wildman–Crippen LogP) is 5.43.